The summed E-state index contributed by atoms with van der Waals surface area (Å²) in [6, 6.07) is 9.43. The van der Waals surface area contributed by atoms with E-state index in [4.69, 9.17) is 0 Å². The molecule has 3 unspecified atom stereocenters. The Morgan fingerprint density at radius 1 is 1.27 bits per heavy atom. The number of aliphatic hydroxyl groups excluding tert-OH is 1. The summed E-state index contributed by atoms with van der Waals surface area (Å²) in [5.74, 6) is -0.805. The second kappa shape index (κ2) is 10.3. The highest BCUT2D eigenvalue weighted by atomic mass is 19.1. The maximum absolute atomic E-state index is 13.4. The highest BCUT2D eigenvalue weighted by Gasteiger charge is 2.28. The van der Waals surface area contributed by atoms with Gasteiger partial charge in [0.2, 0.25) is 5.91 Å². The molecule has 0 saturated heterocycles. The SMILES string of the molecule is CCC(O)CNC(=O)C1CCCC(NC(=O)c2ccc(-c3cccc(F)c3)nc2)C1. The molecular weight excluding hydrogens is 385 g/mol. The Labute approximate surface area is 175 Å². The zero-order valence-corrected chi connectivity index (χ0v) is 17.1. The lowest BCUT2D eigenvalue weighted by Crippen LogP contribution is -2.43. The third kappa shape index (κ3) is 5.86. The van der Waals surface area contributed by atoms with Crippen molar-refractivity contribution in [3.63, 3.8) is 0 Å². The van der Waals surface area contributed by atoms with Crippen LogP contribution in [0.5, 0.6) is 0 Å². The first-order valence-corrected chi connectivity index (χ1v) is 10.4. The van der Waals surface area contributed by atoms with E-state index in [1.54, 1.807) is 24.3 Å². The second-order valence-electron chi connectivity index (χ2n) is 7.78. The number of rotatable bonds is 7. The predicted molar refractivity (Wildman–Crippen MR) is 112 cm³/mol. The van der Waals surface area contributed by atoms with E-state index >= 15 is 0 Å². The lowest BCUT2D eigenvalue weighted by molar-refractivity contribution is -0.126. The molecule has 0 aliphatic heterocycles. The number of nitrogens with zero attached hydrogens (tertiary/aromatic N) is 1. The van der Waals surface area contributed by atoms with Gasteiger partial charge in [-0.25, -0.2) is 4.39 Å². The van der Waals surface area contributed by atoms with Crippen LogP contribution < -0.4 is 10.6 Å². The zero-order chi connectivity index (χ0) is 21.5. The molecule has 1 aromatic heterocycles. The van der Waals surface area contributed by atoms with Crippen LogP contribution in [-0.2, 0) is 4.79 Å². The van der Waals surface area contributed by atoms with Crippen LogP contribution in [0.4, 0.5) is 4.39 Å². The zero-order valence-electron chi connectivity index (χ0n) is 17.1. The summed E-state index contributed by atoms with van der Waals surface area (Å²) in [5, 5.41) is 15.4. The van der Waals surface area contributed by atoms with Gasteiger partial charge in [-0.3, -0.25) is 14.6 Å². The normalized spacial score (nSPS) is 19.7. The van der Waals surface area contributed by atoms with Crippen LogP contribution in [0, 0.1) is 11.7 Å². The third-order valence-corrected chi connectivity index (χ3v) is 5.51. The Hall–Kier alpha value is -2.80. The molecule has 0 spiro atoms. The number of pyridine rings is 1. The summed E-state index contributed by atoms with van der Waals surface area (Å²) in [5.41, 5.74) is 1.67. The van der Waals surface area contributed by atoms with E-state index in [9.17, 15) is 19.1 Å². The topological polar surface area (TPSA) is 91.3 Å². The number of halogens is 1. The molecule has 3 rings (SSSR count). The number of carbonyl (C=O) groups excluding carboxylic acids is 2. The van der Waals surface area contributed by atoms with Crippen LogP contribution in [0.3, 0.4) is 0 Å². The number of hydrogen-bond acceptors (Lipinski definition) is 4. The van der Waals surface area contributed by atoms with E-state index in [1.165, 1.54) is 18.3 Å². The molecule has 7 heteroatoms. The van der Waals surface area contributed by atoms with Crippen LogP contribution in [0.2, 0.25) is 0 Å². The average molecular weight is 413 g/mol. The van der Waals surface area contributed by atoms with Crippen molar-refractivity contribution >= 4 is 11.8 Å². The molecule has 30 heavy (non-hydrogen) atoms. The van der Waals surface area contributed by atoms with Gasteiger partial charge >= 0.3 is 0 Å². The Kier molecular flexibility index (Phi) is 7.52. The maximum Gasteiger partial charge on any atom is 0.253 e. The minimum absolute atomic E-state index is 0.0671. The molecule has 1 aliphatic carbocycles. The number of hydrogen-bond donors (Lipinski definition) is 3. The number of nitrogens with one attached hydrogen (secondary N) is 2. The van der Waals surface area contributed by atoms with Gasteiger partial charge in [-0.2, -0.15) is 0 Å². The van der Waals surface area contributed by atoms with E-state index in [2.05, 4.69) is 15.6 Å². The Morgan fingerprint density at radius 3 is 2.80 bits per heavy atom. The number of carbonyl (C=O) groups is 2. The Morgan fingerprint density at radius 2 is 2.10 bits per heavy atom. The fourth-order valence-electron chi connectivity index (χ4n) is 3.68. The molecule has 1 heterocycles. The largest absolute Gasteiger partial charge is 0.391 e. The third-order valence-electron chi connectivity index (χ3n) is 5.51. The number of amides is 2. The highest BCUT2D eigenvalue weighted by molar-refractivity contribution is 5.94. The van der Waals surface area contributed by atoms with Crippen molar-refractivity contribution in [2.45, 2.75) is 51.2 Å². The minimum Gasteiger partial charge on any atom is -0.391 e. The Bertz CT molecular complexity index is 872. The van der Waals surface area contributed by atoms with Crippen LogP contribution in [-0.4, -0.2) is 40.6 Å². The van der Waals surface area contributed by atoms with Crippen LogP contribution in [0.1, 0.15) is 49.4 Å². The Balaban J connectivity index is 1.55. The molecule has 1 aliphatic rings. The van der Waals surface area contributed by atoms with Gasteiger partial charge in [-0.1, -0.05) is 25.5 Å². The van der Waals surface area contributed by atoms with Crippen molar-refractivity contribution in [2.24, 2.45) is 5.92 Å². The van der Waals surface area contributed by atoms with Gasteiger partial charge in [0, 0.05) is 30.3 Å². The number of benzene rings is 1. The maximum atomic E-state index is 13.4. The molecular formula is C23H28FN3O3. The van der Waals surface area contributed by atoms with Gasteiger partial charge in [0.25, 0.3) is 5.91 Å². The summed E-state index contributed by atoms with van der Waals surface area (Å²) in [7, 11) is 0. The monoisotopic (exact) mass is 413 g/mol. The van der Waals surface area contributed by atoms with E-state index in [0.29, 0.717) is 29.7 Å². The molecule has 6 nitrogen and oxygen atoms in total. The van der Waals surface area contributed by atoms with Crippen molar-refractivity contribution < 1.29 is 19.1 Å². The van der Waals surface area contributed by atoms with Gasteiger partial charge in [0.05, 0.1) is 17.4 Å². The first-order chi connectivity index (χ1) is 14.5. The minimum atomic E-state index is -0.532. The molecule has 2 amide bonds. The molecule has 1 fully saturated rings. The van der Waals surface area contributed by atoms with E-state index in [1.807, 2.05) is 6.92 Å². The van der Waals surface area contributed by atoms with Crippen molar-refractivity contribution in [1.82, 2.24) is 15.6 Å². The summed E-state index contributed by atoms with van der Waals surface area (Å²) in [4.78, 5) is 29.2. The van der Waals surface area contributed by atoms with Gasteiger partial charge in [0.15, 0.2) is 0 Å². The summed E-state index contributed by atoms with van der Waals surface area (Å²) >= 11 is 0. The highest BCUT2D eigenvalue weighted by Crippen LogP contribution is 2.25. The van der Waals surface area contributed by atoms with Crippen molar-refractivity contribution in [1.29, 1.82) is 0 Å². The molecule has 0 radical (unpaired) electrons. The van der Waals surface area contributed by atoms with Crippen LogP contribution >= 0.6 is 0 Å². The molecule has 0 bridgehead atoms. The first-order valence-electron chi connectivity index (χ1n) is 10.4. The summed E-state index contributed by atoms with van der Waals surface area (Å²) in [6.07, 6.45) is 4.58. The number of aliphatic hydroxyl groups is 1. The van der Waals surface area contributed by atoms with Gasteiger partial charge in [-0.05, 0) is 49.9 Å². The molecule has 3 N–H and O–H groups in total. The van der Waals surface area contributed by atoms with Crippen molar-refractivity contribution in [3.8, 4) is 11.3 Å². The average Bonchev–Trinajstić information content (AvgIpc) is 2.77. The smallest absolute Gasteiger partial charge is 0.253 e. The lowest BCUT2D eigenvalue weighted by atomic mass is 9.85. The van der Waals surface area contributed by atoms with Gasteiger partial charge < -0.3 is 15.7 Å². The second-order valence-corrected chi connectivity index (χ2v) is 7.78. The van der Waals surface area contributed by atoms with Crippen molar-refractivity contribution in [3.05, 3.63) is 54.0 Å². The standard InChI is InChI=1S/C23H28FN3O3/c1-2-20(28)14-26-22(29)16-6-4-8-19(12-16)27-23(30)17-9-10-21(25-13-17)15-5-3-7-18(24)11-15/h3,5,7,9-11,13,16,19-20,28H,2,4,6,8,12,14H2,1H3,(H,26,29)(H,27,30). The summed E-state index contributed by atoms with van der Waals surface area (Å²) < 4.78 is 13.4. The fourth-order valence-corrected chi connectivity index (χ4v) is 3.68. The lowest BCUT2D eigenvalue weighted by Gasteiger charge is -2.29. The molecule has 160 valence electrons. The van der Waals surface area contributed by atoms with E-state index < -0.39 is 6.10 Å². The molecule has 1 saturated carbocycles. The van der Waals surface area contributed by atoms with Crippen LogP contribution in [0.25, 0.3) is 11.3 Å². The molecule has 1 aromatic carbocycles. The van der Waals surface area contributed by atoms with Gasteiger partial charge in [0.1, 0.15) is 5.82 Å². The fraction of sp³-hybridized carbons (Fsp3) is 0.435. The quantitative estimate of drug-likeness (QED) is 0.651. The van der Waals surface area contributed by atoms with Crippen molar-refractivity contribution in [2.75, 3.05) is 6.54 Å². The van der Waals surface area contributed by atoms with Crippen LogP contribution in [0.15, 0.2) is 42.6 Å². The predicted octanol–water partition coefficient (Wildman–Crippen LogP) is 3.06. The van der Waals surface area contributed by atoms with Gasteiger partial charge in [-0.15, -0.1) is 0 Å². The summed E-state index contributed by atoms with van der Waals surface area (Å²) in [6.45, 7) is 2.12. The molecule has 2 aromatic rings. The van der Waals surface area contributed by atoms with E-state index in [0.717, 1.165) is 19.3 Å². The van der Waals surface area contributed by atoms with E-state index in [-0.39, 0.29) is 36.1 Å². The number of aromatic nitrogens is 1. The first kappa shape index (κ1) is 21.9. The molecule has 3 atom stereocenters.